The summed E-state index contributed by atoms with van der Waals surface area (Å²) < 4.78 is 1.59. The van der Waals surface area contributed by atoms with Crippen LogP contribution in [0.3, 0.4) is 0 Å². The molecule has 0 bridgehead atoms. The molecule has 0 spiro atoms. The number of aromatic nitrogens is 4. The molecule has 1 heterocycles. The summed E-state index contributed by atoms with van der Waals surface area (Å²) in [5, 5.41) is 7.90. The minimum absolute atomic E-state index is 0.179. The van der Waals surface area contributed by atoms with E-state index in [-0.39, 0.29) is 15.7 Å². The molecule has 0 fully saturated rings. The van der Waals surface area contributed by atoms with E-state index in [0.29, 0.717) is 16.9 Å². The molecule has 0 saturated carbocycles. The first-order valence-electron chi connectivity index (χ1n) is 7.82. The van der Waals surface area contributed by atoms with Gasteiger partial charge in [0.25, 0.3) is 0 Å². The number of anilines is 1. The Morgan fingerprint density at radius 2 is 1.69 bits per heavy atom. The van der Waals surface area contributed by atoms with Gasteiger partial charge in [-0.25, -0.2) is 9.59 Å². The van der Waals surface area contributed by atoms with Crippen LogP contribution in [0.15, 0.2) is 47.3 Å². The molecule has 3 rings (SSSR count). The van der Waals surface area contributed by atoms with Gasteiger partial charge in [-0.15, -0.1) is 4.68 Å². The van der Waals surface area contributed by atoms with Crippen molar-refractivity contribution in [3.8, 4) is 5.69 Å². The van der Waals surface area contributed by atoms with Crippen molar-refractivity contribution in [2.45, 2.75) is 13.8 Å². The Morgan fingerprint density at radius 1 is 1.08 bits per heavy atom. The zero-order valence-corrected chi connectivity index (χ0v) is 15.6. The maximum Gasteiger partial charge on any atom is 0.377 e. The van der Waals surface area contributed by atoms with E-state index >= 15 is 0 Å². The minimum atomic E-state index is -0.754. The average molecular weight is 392 g/mol. The van der Waals surface area contributed by atoms with Crippen LogP contribution in [0.4, 0.5) is 10.5 Å². The van der Waals surface area contributed by atoms with Gasteiger partial charge >= 0.3 is 11.7 Å². The minimum Gasteiger partial charge on any atom is -0.293 e. The van der Waals surface area contributed by atoms with E-state index in [1.54, 1.807) is 37.3 Å². The van der Waals surface area contributed by atoms with Gasteiger partial charge in [-0.05, 0) is 48.5 Å². The number of nitrogens with zero attached hydrogens (tertiary/aromatic N) is 5. The maximum absolute atomic E-state index is 12.8. The molecule has 0 unspecified atom stereocenters. The number of hydrogen-bond donors (Lipinski definition) is 0. The van der Waals surface area contributed by atoms with E-state index in [9.17, 15) is 9.59 Å². The summed E-state index contributed by atoms with van der Waals surface area (Å²) >= 11 is 12.2. The van der Waals surface area contributed by atoms with Gasteiger partial charge in [0.1, 0.15) is 5.69 Å². The number of rotatable bonds is 3. The second kappa shape index (κ2) is 7.31. The first kappa shape index (κ1) is 18.2. The van der Waals surface area contributed by atoms with Gasteiger partial charge in [-0.1, -0.05) is 47.0 Å². The average Bonchev–Trinajstić information content (AvgIpc) is 2.98. The molecule has 0 aliphatic carbocycles. The first-order chi connectivity index (χ1) is 12.4. The summed E-state index contributed by atoms with van der Waals surface area (Å²) in [6, 6.07) is 11.5. The topological polar surface area (TPSA) is 73.0 Å². The Morgan fingerprint density at radius 3 is 2.27 bits per heavy atom. The Balaban J connectivity index is 2.02. The Labute approximate surface area is 159 Å². The molecule has 7 nitrogen and oxygen atoms in total. The molecule has 0 N–H and O–H groups in total. The zero-order valence-electron chi connectivity index (χ0n) is 14.1. The molecule has 0 radical (unpaired) electrons. The van der Waals surface area contributed by atoms with Crippen LogP contribution in [0.5, 0.6) is 0 Å². The van der Waals surface area contributed by atoms with Gasteiger partial charge in [-0.2, -0.15) is 4.68 Å². The number of tetrazole rings is 1. The molecular weight excluding hydrogens is 377 g/mol. The van der Waals surface area contributed by atoms with Crippen molar-refractivity contribution in [1.29, 1.82) is 0 Å². The van der Waals surface area contributed by atoms with Crippen LogP contribution in [-0.2, 0) is 0 Å². The second-order valence-electron chi connectivity index (χ2n) is 5.52. The summed E-state index contributed by atoms with van der Waals surface area (Å²) in [4.78, 5) is 26.9. The lowest BCUT2D eigenvalue weighted by atomic mass is 10.2. The van der Waals surface area contributed by atoms with Gasteiger partial charge in [0.05, 0.1) is 10.0 Å². The summed E-state index contributed by atoms with van der Waals surface area (Å²) in [6.45, 7) is 4.11. The quantitative estimate of drug-likeness (QED) is 0.640. The number of hydrogen-bond acceptors (Lipinski definition) is 4. The van der Waals surface area contributed by atoms with Crippen LogP contribution in [0.25, 0.3) is 5.69 Å². The third-order valence-electron chi connectivity index (χ3n) is 3.80. The van der Waals surface area contributed by atoms with Crippen LogP contribution in [0, 0.1) is 6.92 Å². The van der Waals surface area contributed by atoms with Gasteiger partial charge in [0, 0.05) is 12.2 Å². The van der Waals surface area contributed by atoms with Crippen LogP contribution >= 0.6 is 23.2 Å². The third-order valence-corrected chi connectivity index (χ3v) is 4.41. The van der Waals surface area contributed by atoms with E-state index in [0.717, 1.165) is 10.2 Å². The predicted octanol–water partition coefficient (Wildman–Crippen LogP) is 3.54. The van der Waals surface area contributed by atoms with Gasteiger partial charge in [-0.3, -0.25) is 4.90 Å². The lowest BCUT2D eigenvalue weighted by Gasteiger charge is -2.19. The van der Waals surface area contributed by atoms with Crippen molar-refractivity contribution in [3.05, 3.63) is 68.6 Å². The van der Waals surface area contributed by atoms with E-state index < -0.39 is 11.7 Å². The van der Waals surface area contributed by atoms with Crippen molar-refractivity contribution < 1.29 is 4.79 Å². The van der Waals surface area contributed by atoms with Crippen molar-refractivity contribution in [2.24, 2.45) is 0 Å². The first-order valence-corrected chi connectivity index (χ1v) is 8.57. The molecular formula is C17H15Cl2N5O2. The molecule has 26 heavy (non-hydrogen) atoms. The lowest BCUT2D eigenvalue weighted by Crippen LogP contribution is -2.41. The van der Waals surface area contributed by atoms with Crippen molar-refractivity contribution in [2.75, 3.05) is 11.4 Å². The molecule has 0 aliphatic heterocycles. The maximum atomic E-state index is 12.8. The normalized spacial score (nSPS) is 10.8. The molecule has 0 aliphatic rings. The highest BCUT2D eigenvalue weighted by molar-refractivity contribution is 6.37. The number of para-hydroxylation sites is 1. The third kappa shape index (κ3) is 3.23. The number of halogens is 2. The smallest absolute Gasteiger partial charge is 0.293 e. The molecule has 2 aromatic carbocycles. The molecule has 1 amide bonds. The summed E-state index contributed by atoms with van der Waals surface area (Å²) in [5.74, 6) is 0. The Hall–Kier alpha value is -2.64. The summed E-state index contributed by atoms with van der Waals surface area (Å²) in [5.41, 5.74) is 1.14. The zero-order chi connectivity index (χ0) is 18.8. The molecule has 134 valence electrons. The van der Waals surface area contributed by atoms with Crippen molar-refractivity contribution >= 4 is 34.9 Å². The molecule has 0 atom stereocenters. The van der Waals surface area contributed by atoms with Crippen LogP contribution in [0.2, 0.25) is 10.0 Å². The standard InChI is InChI=1S/C17H15Cl2N5O2/c1-3-22(12-9-7-11(2)8-10-12)16(25)24-17(26)23(20-21-24)15-13(18)5-4-6-14(15)19/h4-10H,3H2,1-2H3. The van der Waals surface area contributed by atoms with Gasteiger partial charge in [0.2, 0.25) is 0 Å². The Bertz CT molecular complexity index is 990. The molecule has 9 heteroatoms. The summed E-state index contributed by atoms with van der Waals surface area (Å²) in [6.07, 6.45) is 0. The number of amides is 1. The number of benzene rings is 2. The van der Waals surface area contributed by atoms with Gasteiger partial charge < -0.3 is 0 Å². The Kier molecular flexibility index (Phi) is 5.11. The van der Waals surface area contributed by atoms with Crippen molar-refractivity contribution in [1.82, 2.24) is 19.8 Å². The van der Waals surface area contributed by atoms with Crippen LogP contribution in [-0.4, -0.2) is 32.4 Å². The van der Waals surface area contributed by atoms with E-state index in [1.807, 2.05) is 19.1 Å². The monoisotopic (exact) mass is 391 g/mol. The summed E-state index contributed by atoms with van der Waals surface area (Å²) in [7, 11) is 0. The number of carbonyl (C=O) groups excluding carboxylic acids is 1. The van der Waals surface area contributed by atoms with Gasteiger partial charge in [0.15, 0.2) is 0 Å². The predicted molar refractivity (Wildman–Crippen MR) is 101 cm³/mol. The molecule has 3 aromatic rings. The fourth-order valence-electron chi connectivity index (χ4n) is 2.47. The van der Waals surface area contributed by atoms with Crippen molar-refractivity contribution in [3.63, 3.8) is 0 Å². The highest BCUT2D eigenvalue weighted by atomic mass is 35.5. The van der Waals surface area contributed by atoms with E-state index in [2.05, 4.69) is 10.4 Å². The fraction of sp³-hybridized carbons (Fsp3) is 0.176. The highest BCUT2D eigenvalue weighted by Crippen LogP contribution is 2.26. The van der Waals surface area contributed by atoms with E-state index in [4.69, 9.17) is 23.2 Å². The SMILES string of the molecule is CCN(C(=O)n1nnn(-c2c(Cl)cccc2Cl)c1=O)c1ccc(C)cc1. The number of aryl methyl sites for hydroxylation is 1. The molecule has 1 aromatic heterocycles. The fourth-order valence-corrected chi connectivity index (χ4v) is 3.02. The van der Waals surface area contributed by atoms with Crippen LogP contribution in [0.1, 0.15) is 12.5 Å². The molecule has 0 saturated heterocycles. The highest BCUT2D eigenvalue weighted by Gasteiger charge is 2.23. The number of carbonyl (C=O) groups is 1. The van der Waals surface area contributed by atoms with E-state index in [1.165, 1.54) is 4.90 Å². The second-order valence-corrected chi connectivity index (χ2v) is 6.33. The largest absolute Gasteiger partial charge is 0.377 e. The van der Waals surface area contributed by atoms with Crippen LogP contribution < -0.4 is 10.6 Å². The lowest BCUT2D eigenvalue weighted by molar-refractivity contribution is 0.244.